The van der Waals surface area contributed by atoms with E-state index >= 15 is 0 Å². The summed E-state index contributed by atoms with van der Waals surface area (Å²) in [6.45, 7) is 6.83. The number of aryl methyl sites for hydroxylation is 2. The van der Waals surface area contributed by atoms with Gasteiger partial charge in [-0.2, -0.15) is 0 Å². The van der Waals surface area contributed by atoms with Crippen molar-refractivity contribution < 1.29 is 13.2 Å². The lowest BCUT2D eigenvalue weighted by molar-refractivity contribution is -0.126. The van der Waals surface area contributed by atoms with Gasteiger partial charge >= 0.3 is 0 Å². The van der Waals surface area contributed by atoms with Crippen molar-refractivity contribution >= 4 is 27.5 Å². The molecular formula is C23H29ClN2O3S. The molecule has 2 aromatic carbocycles. The molecule has 1 heterocycles. The van der Waals surface area contributed by atoms with E-state index < -0.39 is 10.0 Å². The van der Waals surface area contributed by atoms with Crippen molar-refractivity contribution in [2.45, 2.75) is 45.4 Å². The summed E-state index contributed by atoms with van der Waals surface area (Å²) in [6.07, 6.45) is 1.06. The van der Waals surface area contributed by atoms with Crippen LogP contribution < -0.4 is 5.32 Å². The molecule has 0 aliphatic carbocycles. The van der Waals surface area contributed by atoms with E-state index in [0.717, 1.165) is 5.56 Å². The summed E-state index contributed by atoms with van der Waals surface area (Å²) in [5.74, 6) is -0.252. The fraction of sp³-hybridized carbons (Fsp3) is 0.435. The number of benzene rings is 2. The average molecular weight is 449 g/mol. The van der Waals surface area contributed by atoms with Crippen molar-refractivity contribution in [3.8, 4) is 0 Å². The van der Waals surface area contributed by atoms with Gasteiger partial charge in [0.1, 0.15) is 0 Å². The molecule has 1 N–H and O–H groups in total. The van der Waals surface area contributed by atoms with Gasteiger partial charge in [-0.25, -0.2) is 12.7 Å². The minimum Gasteiger partial charge on any atom is -0.349 e. The highest BCUT2D eigenvalue weighted by molar-refractivity contribution is 7.88. The summed E-state index contributed by atoms with van der Waals surface area (Å²) in [6, 6.07) is 13.0. The molecule has 1 fully saturated rings. The zero-order valence-corrected chi connectivity index (χ0v) is 19.3. The third-order valence-electron chi connectivity index (χ3n) is 5.85. The van der Waals surface area contributed by atoms with E-state index in [2.05, 4.69) is 31.3 Å². The second-order valence-electron chi connectivity index (χ2n) is 8.13. The Kier molecular flexibility index (Phi) is 7.22. The molecule has 162 valence electrons. The molecule has 7 heteroatoms. The number of carbonyl (C=O) groups excluding carboxylic acids is 1. The zero-order chi connectivity index (χ0) is 21.9. The number of carbonyl (C=O) groups is 1. The monoisotopic (exact) mass is 448 g/mol. The number of rotatable bonds is 6. The van der Waals surface area contributed by atoms with Gasteiger partial charge in [-0.1, -0.05) is 41.9 Å². The lowest BCUT2D eigenvalue weighted by Gasteiger charge is -2.31. The number of piperidine rings is 1. The summed E-state index contributed by atoms with van der Waals surface area (Å²) in [4.78, 5) is 12.7. The number of sulfonamides is 1. The van der Waals surface area contributed by atoms with Crippen LogP contribution in [-0.2, 0) is 20.6 Å². The number of hydrogen-bond donors (Lipinski definition) is 1. The Bertz CT molecular complexity index is 1010. The highest BCUT2D eigenvalue weighted by atomic mass is 35.5. The molecule has 3 rings (SSSR count). The summed E-state index contributed by atoms with van der Waals surface area (Å²) in [5.41, 5.74) is 4.17. The van der Waals surface area contributed by atoms with Crippen molar-refractivity contribution in [2.24, 2.45) is 5.92 Å². The SMILES string of the molecule is Cc1ccc([C@@H](C)NC(=O)C2CCN(S(=O)(=O)Cc3cccc(Cl)c3)CC2)cc1C. The molecule has 5 nitrogen and oxygen atoms in total. The standard InChI is InChI=1S/C23H29ClN2O3S/c1-16-7-8-21(13-17(16)2)18(3)25-23(27)20-9-11-26(12-10-20)30(28,29)15-19-5-4-6-22(24)14-19/h4-8,13-14,18,20H,9-12,15H2,1-3H3,(H,25,27)/t18-/m1/s1. The summed E-state index contributed by atoms with van der Waals surface area (Å²) in [7, 11) is -3.43. The molecule has 1 amide bonds. The Morgan fingerprint density at radius 2 is 1.83 bits per heavy atom. The Labute approximate surface area is 184 Å². The molecule has 1 aliphatic heterocycles. The molecule has 30 heavy (non-hydrogen) atoms. The van der Waals surface area contributed by atoms with Crippen LogP contribution in [0, 0.1) is 19.8 Å². The van der Waals surface area contributed by atoms with Gasteiger partial charge in [0, 0.05) is 24.0 Å². The van der Waals surface area contributed by atoms with Crippen molar-refractivity contribution in [1.29, 1.82) is 0 Å². The van der Waals surface area contributed by atoms with E-state index in [9.17, 15) is 13.2 Å². The lowest BCUT2D eigenvalue weighted by Crippen LogP contribution is -2.43. The molecule has 0 saturated carbocycles. The van der Waals surface area contributed by atoms with Gasteiger partial charge in [0.2, 0.25) is 15.9 Å². The molecule has 0 aromatic heterocycles. The number of amides is 1. The quantitative estimate of drug-likeness (QED) is 0.713. The van der Waals surface area contributed by atoms with E-state index in [1.54, 1.807) is 24.3 Å². The van der Waals surface area contributed by atoms with Crippen molar-refractivity contribution in [1.82, 2.24) is 9.62 Å². The van der Waals surface area contributed by atoms with Crippen molar-refractivity contribution in [2.75, 3.05) is 13.1 Å². The van der Waals surface area contributed by atoms with Crippen LogP contribution in [-0.4, -0.2) is 31.7 Å². The predicted molar refractivity (Wildman–Crippen MR) is 121 cm³/mol. The molecule has 0 unspecified atom stereocenters. The van der Waals surface area contributed by atoms with E-state index in [1.807, 2.05) is 13.0 Å². The largest absolute Gasteiger partial charge is 0.349 e. The third-order valence-corrected chi connectivity index (χ3v) is 7.93. The third kappa shape index (κ3) is 5.62. The van der Waals surface area contributed by atoms with Gasteiger partial charge in [0.05, 0.1) is 11.8 Å². The highest BCUT2D eigenvalue weighted by Crippen LogP contribution is 2.24. The topological polar surface area (TPSA) is 66.5 Å². The molecule has 1 aliphatic rings. The molecule has 0 bridgehead atoms. The smallest absolute Gasteiger partial charge is 0.223 e. The summed E-state index contributed by atoms with van der Waals surface area (Å²) >= 11 is 5.96. The van der Waals surface area contributed by atoms with Crippen LogP contribution in [0.2, 0.25) is 5.02 Å². The van der Waals surface area contributed by atoms with Crippen LogP contribution >= 0.6 is 11.6 Å². The summed E-state index contributed by atoms with van der Waals surface area (Å²) < 4.78 is 27.0. The first-order chi connectivity index (χ1) is 14.2. The van der Waals surface area contributed by atoms with Crippen LogP contribution in [0.1, 0.15) is 48.1 Å². The predicted octanol–water partition coefficient (Wildman–Crippen LogP) is 4.38. The molecule has 2 aromatic rings. The lowest BCUT2D eigenvalue weighted by atomic mass is 9.96. The maximum absolute atomic E-state index is 12.7. The number of nitrogens with one attached hydrogen (secondary N) is 1. The minimum absolute atomic E-state index is 0.00684. The normalized spacial score (nSPS) is 16.9. The molecule has 1 atom stereocenters. The van der Waals surface area contributed by atoms with Crippen molar-refractivity contribution in [3.63, 3.8) is 0 Å². The molecule has 0 radical (unpaired) electrons. The number of halogens is 1. The minimum atomic E-state index is -3.43. The summed E-state index contributed by atoms with van der Waals surface area (Å²) in [5, 5.41) is 3.61. The fourth-order valence-corrected chi connectivity index (χ4v) is 5.54. The van der Waals surface area contributed by atoms with Gasteiger partial charge < -0.3 is 5.32 Å². The van der Waals surface area contributed by atoms with Crippen LogP contribution in [0.15, 0.2) is 42.5 Å². The maximum Gasteiger partial charge on any atom is 0.223 e. The van der Waals surface area contributed by atoms with E-state index in [0.29, 0.717) is 36.5 Å². The van der Waals surface area contributed by atoms with Gasteiger partial charge in [-0.3, -0.25) is 4.79 Å². The average Bonchev–Trinajstić information content (AvgIpc) is 2.69. The molecule has 1 saturated heterocycles. The number of hydrogen-bond acceptors (Lipinski definition) is 3. The van der Waals surface area contributed by atoms with Gasteiger partial charge in [0.15, 0.2) is 0 Å². The first-order valence-electron chi connectivity index (χ1n) is 10.3. The highest BCUT2D eigenvalue weighted by Gasteiger charge is 2.31. The van der Waals surface area contributed by atoms with Gasteiger partial charge in [-0.05, 0) is 68.0 Å². The Balaban J connectivity index is 1.55. The Morgan fingerprint density at radius 1 is 1.13 bits per heavy atom. The van der Waals surface area contributed by atoms with Crippen LogP contribution in [0.25, 0.3) is 0 Å². The second kappa shape index (κ2) is 9.50. The molecular weight excluding hydrogens is 420 g/mol. The first-order valence-corrected chi connectivity index (χ1v) is 12.2. The van der Waals surface area contributed by atoms with E-state index in [4.69, 9.17) is 11.6 Å². The van der Waals surface area contributed by atoms with E-state index in [-0.39, 0.29) is 23.6 Å². The van der Waals surface area contributed by atoms with E-state index in [1.165, 1.54) is 15.4 Å². The Morgan fingerprint density at radius 3 is 2.47 bits per heavy atom. The maximum atomic E-state index is 12.7. The van der Waals surface area contributed by atoms with Crippen molar-refractivity contribution in [3.05, 3.63) is 69.7 Å². The van der Waals surface area contributed by atoms with Crippen LogP contribution in [0.5, 0.6) is 0 Å². The van der Waals surface area contributed by atoms with Crippen LogP contribution in [0.4, 0.5) is 0 Å². The van der Waals surface area contributed by atoms with Crippen LogP contribution in [0.3, 0.4) is 0 Å². The number of nitrogens with zero attached hydrogens (tertiary/aromatic N) is 1. The first kappa shape index (κ1) is 22.8. The second-order valence-corrected chi connectivity index (χ2v) is 10.5. The zero-order valence-electron chi connectivity index (χ0n) is 17.7. The van der Waals surface area contributed by atoms with Gasteiger partial charge in [-0.15, -0.1) is 0 Å². The fourth-order valence-electron chi connectivity index (χ4n) is 3.77. The Hall–Kier alpha value is -1.89. The van der Waals surface area contributed by atoms with Gasteiger partial charge in [0.25, 0.3) is 0 Å². The molecule has 0 spiro atoms.